The molecule has 40 heavy (non-hydrogen) atoms. The Balaban J connectivity index is 1.36. The normalized spacial score (nSPS) is 17.3. The first kappa shape index (κ1) is 26.3. The van der Waals surface area contributed by atoms with Gasteiger partial charge in [0.25, 0.3) is 5.91 Å². The molecule has 2 aliphatic rings. The van der Waals surface area contributed by atoms with Crippen molar-refractivity contribution in [2.45, 2.75) is 38.3 Å². The molecule has 202 valence electrons. The molecule has 1 N–H and O–H groups in total. The smallest absolute Gasteiger partial charge is 0.254 e. The van der Waals surface area contributed by atoms with E-state index in [9.17, 15) is 10.1 Å². The molecule has 0 bridgehead atoms. The minimum Gasteiger partial charge on any atom is -0.366 e. The fraction of sp³-hybridized carbons (Fsp3) is 0.303. The monoisotopic (exact) mass is 549 g/mol. The maximum atomic E-state index is 14.2. The van der Waals surface area contributed by atoms with Gasteiger partial charge in [-0.2, -0.15) is 5.26 Å². The molecule has 0 spiro atoms. The second kappa shape index (κ2) is 11.7. The average molecular weight is 550 g/mol. The van der Waals surface area contributed by atoms with Crippen LogP contribution in [0.15, 0.2) is 72.8 Å². The Morgan fingerprint density at radius 2 is 1.77 bits per heavy atom. The van der Waals surface area contributed by atoms with Crippen LogP contribution in [0.4, 0.5) is 5.82 Å². The van der Waals surface area contributed by atoms with Crippen molar-refractivity contribution in [1.29, 1.82) is 5.26 Å². The number of likely N-dealkylation sites (tertiary alicyclic amines) is 2. The van der Waals surface area contributed by atoms with Gasteiger partial charge in [0.2, 0.25) is 0 Å². The van der Waals surface area contributed by atoms with Crippen LogP contribution in [-0.4, -0.2) is 52.9 Å². The number of hydrogen-bond donors (Lipinski definition) is 1. The van der Waals surface area contributed by atoms with Crippen molar-refractivity contribution < 1.29 is 4.79 Å². The molecule has 4 aromatic rings. The Labute approximate surface area is 240 Å². The van der Waals surface area contributed by atoms with Gasteiger partial charge in [-0.25, -0.2) is 4.98 Å². The molecule has 2 fully saturated rings. The second-order valence-electron chi connectivity index (χ2n) is 10.8. The summed E-state index contributed by atoms with van der Waals surface area (Å²) in [5.41, 5.74) is 5.09. The summed E-state index contributed by atoms with van der Waals surface area (Å²) in [6, 6.07) is 25.6. The van der Waals surface area contributed by atoms with Gasteiger partial charge >= 0.3 is 0 Å². The van der Waals surface area contributed by atoms with Gasteiger partial charge in [-0.3, -0.25) is 4.79 Å². The van der Waals surface area contributed by atoms with E-state index in [4.69, 9.17) is 16.6 Å². The third kappa shape index (κ3) is 5.67. The lowest BCUT2D eigenvalue weighted by Gasteiger charge is -2.29. The van der Waals surface area contributed by atoms with Gasteiger partial charge < -0.3 is 15.1 Å². The van der Waals surface area contributed by atoms with Crippen molar-refractivity contribution in [3.63, 3.8) is 0 Å². The number of anilines is 1. The third-order valence-corrected chi connectivity index (χ3v) is 8.29. The maximum absolute atomic E-state index is 14.2. The lowest BCUT2D eigenvalue weighted by molar-refractivity contribution is 0.0710. The number of nitrogens with one attached hydrogen (secondary N) is 1. The molecule has 0 radical (unpaired) electrons. The minimum absolute atomic E-state index is 0.0666. The van der Waals surface area contributed by atoms with Gasteiger partial charge in [-0.15, -0.1) is 0 Å². The second-order valence-corrected chi connectivity index (χ2v) is 11.2. The average Bonchev–Trinajstić information content (AvgIpc) is 3.68. The molecule has 0 unspecified atom stereocenters. The molecule has 7 heteroatoms. The van der Waals surface area contributed by atoms with Gasteiger partial charge in [-0.05, 0) is 97.9 Å². The number of pyridine rings is 1. The fourth-order valence-electron chi connectivity index (χ4n) is 5.96. The zero-order valence-electron chi connectivity index (χ0n) is 22.4. The number of halogens is 1. The standard InChI is InChI=1S/C33H32ClN5O/c34-27-6-3-5-24(17-27)21-36-32-19-30(33(40)39-16-4-7-28(39)22-38-14-1-2-15-38)29-18-26(12-13-31(29)37-32)25-10-8-23(20-35)9-11-25/h3,5-6,8-13,17-19,28H,1-2,4,7,14-16,21-22H2,(H,36,37)/t28-/m0/s1. The maximum Gasteiger partial charge on any atom is 0.254 e. The quantitative estimate of drug-likeness (QED) is 0.276. The first-order valence-electron chi connectivity index (χ1n) is 14.0. The van der Waals surface area contributed by atoms with Crippen molar-refractivity contribution in [3.8, 4) is 17.2 Å². The van der Waals surface area contributed by atoms with Gasteiger partial charge in [0.15, 0.2) is 0 Å². The summed E-state index contributed by atoms with van der Waals surface area (Å²) >= 11 is 6.19. The summed E-state index contributed by atoms with van der Waals surface area (Å²) in [6.07, 6.45) is 4.57. The molecular formula is C33H32ClN5O. The Kier molecular flexibility index (Phi) is 7.68. The van der Waals surface area contributed by atoms with E-state index in [-0.39, 0.29) is 11.9 Å². The molecule has 0 saturated carbocycles. The van der Waals surface area contributed by atoms with Crippen LogP contribution in [0.5, 0.6) is 0 Å². The summed E-state index contributed by atoms with van der Waals surface area (Å²) < 4.78 is 0. The van der Waals surface area contributed by atoms with E-state index in [0.29, 0.717) is 28.5 Å². The lowest BCUT2D eigenvalue weighted by atomic mass is 9.99. The summed E-state index contributed by atoms with van der Waals surface area (Å²) in [6.45, 7) is 4.54. The summed E-state index contributed by atoms with van der Waals surface area (Å²) in [5, 5.41) is 14.1. The van der Waals surface area contributed by atoms with Crippen LogP contribution >= 0.6 is 11.6 Å². The first-order valence-corrected chi connectivity index (χ1v) is 14.4. The van der Waals surface area contributed by atoms with E-state index in [1.54, 1.807) is 0 Å². The number of nitrogens with zero attached hydrogens (tertiary/aromatic N) is 4. The van der Waals surface area contributed by atoms with Gasteiger partial charge in [0.1, 0.15) is 5.82 Å². The van der Waals surface area contributed by atoms with E-state index in [2.05, 4.69) is 27.3 Å². The Morgan fingerprint density at radius 3 is 2.55 bits per heavy atom. The molecule has 3 heterocycles. The zero-order chi connectivity index (χ0) is 27.5. The van der Waals surface area contributed by atoms with Crippen LogP contribution in [0.2, 0.25) is 5.02 Å². The number of hydrogen-bond acceptors (Lipinski definition) is 5. The van der Waals surface area contributed by atoms with Crippen LogP contribution in [0, 0.1) is 11.3 Å². The highest BCUT2D eigenvalue weighted by atomic mass is 35.5. The van der Waals surface area contributed by atoms with Crippen molar-refractivity contribution in [1.82, 2.24) is 14.8 Å². The predicted molar refractivity (Wildman–Crippen MR) is 160 cm³/mol. The fourth-order valence-corrected chi connectivity index (χ4v) is 6.17. The highest BCUT2D eigenvalue weighted by Gasteiger charge is 2.32. The van der Waals surface area contributed by atoms with Crippen molar-refractivity contribution in [3.05, 3.63) is 94.5 Å². The van der Waals surface area contributed by atoms with Gasteiger partial charge in [-0.1, -0.05) is 41.9 Å². The topological polar surface area (TPSA) is 72.3 Å². The summed E-state index contributed by atoms with van der Waals surface area (Å²) in [4.78, 5) is 23.7. The zero-order valence-corrected chi connectivity index (χ0v) is 23.2. The number of benzene rings is 3. The number of aromatic nitrogens is 1. The van der Waals surface area contributed by atoms with E-state index >= 15 is 0 Å². The van der Waals surface area contributed by atoms with Crippen molar-refractivity contribution >= 4 is 34.2 Å². The Hall–Kier alpha value is -3.92. The van der Waals surface area contributed by atoms with Crippen molar-refractivity contribution in [2.24, 2.45) is 0 Å². The van der Waals surface area contributed by atoms with Gasteiger partial charge in [0.05, 0.1) is 22.7 Å². The number of amides is 1. The van der Waals surface area contributed by atoms with E-state index < -0.39 is 0 Å². The molecule has 1 aromatic heterocycles. The number of nitriles is 1. The Bertz CT molecular complexity index is 1570. The van der Waals surface area contributed by atoms with E-state index in [0.717, 1.165) is 66.6 Å². The minimum atomic E-state index is 0.0666. The molecule has 1 atom stereocenters. The first-order chi connectivity index (χ1) is 19.6. The molecule has 6 nitrogen and oxygen atoms in total. The number of fused-ring (bicyclic) bond motifs is 1. The molecule has 2 saturated heterocycles. The molecule has 2 aliphatic heterocycles. The third-order valence-electron chi connectivity index (χ3n) is 8.05. The highest BCUT2D eigenvalue weighted by molar-refractivity contribution is 6.30. The number of rotatable bonds is 7. The van der Waals surface area contributed by atoms with E-state index in [1.165, 1.54) is 12.8 Å². The summed E-state index contributed by atoms with van der Waals surface area (Å²) in [5.74, 6) is 0.731. The largest absolute Gasteiger partial charge is 0.366 e. The molecular weight excluding hydrogens is 518 g/mol. The van der Waals surface area contributed by atoms with Crippen LogP contribution in [-0.2, 0) is 6.54 Å². The van der Waals surface area contributed by atoms with Crippen LogP contribution < -0.4 is 5.32 Å². The van der Waals surface area contributed by atoms with E-state index in [1.807, 2.05) is 66.7 Å². The predicted octanol–water partition coefficient (Wildman–Crippen LogP) is 6.74. The molecule has 0 aliphatic carbocycles. The summed E-state index contributed by atoms with van der Waals surface area (Å²) in [7, 11) is 0. The van der Waals surface area contributed by atoms with Gasteiger partial charge in [0, 0.05) is 36.1 Å². The highest BCUT2D eigenvalue weighted by Crippen LogP contribution is 2.31. The Morgan fingerprint density at radius 1 is 0.975 bits per heavy atom. The number of carbonyl (C=O) groups excluding carboxylic acids is 1. The lowest BCUT2D eigenvalue weighted by Crippen LogP contribution is -2.42. The van der Waals surface area contributed by atoms with Crippen LogP contribution in [0.1, 0.15) is 47.2 Å². The molecule has 1 amide bonds. The van der Waals surface area contributed by atoms with Crippen molar-refractivity contribution in [2.75, 3.05) is 31.5 Å². The molecule has 6 rings (SSSR count). The SMILES string of the molecule is N#Cc1ccc(-c2ccc3nc(NCc4cccc(Cl)c4)cc(C(=O)N4CCC[C@H]4CN4CCCC4)c3c2)cc1. The van der Waals surface area contributed by atoms with Crippen LogP contribution in [0.25, 0.3) is 22.0 Å². The molecule has 3 aromatic carbocycles. The number of carbonyl (C=O) groups is 1. The van der Waals surface area contributed by atoms with Crippen LogP contribution in [0.3, 0.4) is 0 Å².